The lowest BCUT2D eigenvalue weighted by Crippen LogP contribution is -2.43. The van der Waals surface area contributed by atoms with Gasteiger partial charge in [0.1, 0.15) is 5.75 Å². The molecule has 2 aliphatic heterocycles. The molecule has 0 amide bonds. The number of nitrogens with one attached hydrogen (secondary N) is 2. The van der Waals surface area contributed by atoms with Crippen LogP contribution in [0.15, 0.2) is 66.7 Å². The Morgan fingerprint density at radius 2 is 1.66 bits per heavy atom. The van der Waals surface area contributed by atoms with Crippen molar-refractivity contribution in [2.24, 2.45) is 0 Å². The molecule has 0 aliphatic carbocycles. The van der Waals surface area contributed by atoms with E-state index in [2.05, 4.69) is 10.6 Å². The summed E-state index contributed by atoms with van der Waals surface area (Å²) in [6.07, 6.45) is 0.556. The van der Waals surface area contributed by atoms with E-state index in [1.54, 1.807) is 24.3 Å². The molecular formula is C29H27ClN2O6. The maximum absolute atomic E-state index is 12.3. The van der Waals surface area contributed by atoms with E-state index in [-0.39, 0.29) is 31.8 Å². The first-order valence-electron chi connectivity index (χ1n) is 12.4. The fraction of sp³-hybridized carbons (Fsp3) is 0.276. The van der Waals surface area contributed by atoms with Crippen molar-refractivity contribution >= 4 is 35.0 Å². The minimum Gasteiger partial charge on any atom is -0.485 e. The highest BCUT2D eigenvalue weighted by molar-refractivity contribution is 6.33. The van der Waals surface area contributed by atoms with E-state index in [4.69, 9.17) is 25.8 Å². The summed E-state index contributed by atoms with van der Waals surface area (Å²) < 4.78 is 17.1. The molecule has 1 fully saturated rings. The SMILES string of the molecule is O=C1CCC(=O)OC2(CNCCc3c2ccc(Cl)c3NCc2ccc(OCC(=O)c3ccccc3)cc2)O1. The maximum Gasteiger partial charge on any atom is 0.309 e. The fourth-order valence-corrected chi connectivity index (χ4v) is 4.86. The molecule has 2 aliphatic rings. The molecule has 8 nitrogen and oxygen atoms in total. The van der Waals surface area contributed by atoms with E-state index in [9.17, 15) is 14.4 Å². The molecule has 2 N–H and O–H groups in total. The Morgan fingerprint density at radius 1 is 0.947 bits per heavy atom. The number of halogens is 1. The second-order valence-corrected chi connectivity index (χ2v) is 9.56. The number of anilines is 1. The molecule has 0 saturated carbocycles. The number of fused-ring (bicyclic) bond motifs is 2. The molecule has 0 bridgehead atoms. The van der Waals surface area contributed by atoms with Gasteiger partial charge in [0.05, 0.1) is 30.1 Å². The van der Waals surface area contributed by atoms with E-state index < -0.39 is 17.7 Å². The van der Waals surface area contributed by atoms with Gasteiger partial charge >= 0.3 is 11.9 Å². The highest BCUT2D eigenvalue weighted by Gasteiger charge is 2.46. The summed E-state index contributed by atoms with van der Waals surface area (Å²) in [6.45, 7) is 1.16. The normalized spacial score (nSPS) is 16.4. The van der Waals surface area contributed by atoms with Crippen molar-refractivity contribution in [3.63, 3.8) is 0 Å². The van der Waals surface area contributed by atoms with Crippen molar-refractivity contribution in [2.45, 2.75) is 31.6 Å². The number of esters is 2. The highest BCUT2D eigenvalue weighted by Crippen LogP contribution is 2.40. The quantitative estimate of drug-likeness (QED) is 0.340. The van der Waals surface area contributed by atoms with E-state index in [1.165, 1.54) is 0 Å². The van der Waals surface area contributed by atoms with Crippen LogP contribution in [-0.2, 0) is 37.8 Å². The van der Waals surface area contributed by atoms with Gasteiger partial charge in [0.2, 0.25) is 0 Å². The molecule has 5 rings (SSSR count). The van der Waals surface area contributed by atoms with Crippen LogP contribution in [0.4, 0.5) is 5.69 Å². The number of carbonyl (C=O) groups excluding carboxylic acids is 3. The second-order valence-electron chi connectivity index (χ2n) is 9.15. The molecule has 1 spiro atoms. The zero-order chi connectivity index (χ0) is 26.5. The van der Waals surface area contributed by atoms with Crippen molar-refractivity contribution < 1.29 is 28.6 Å². The largest absolute Gasteiger partial charge is 0.485 e. The summed E-state index contributed by atoms with van der Waals surface area (Å²) >= 11 is 6.59. The number of hydrogen-bond donors (Lipinski definition) is 2. The lowest BCUT2D eigenvalue weighted by atomic mass is 9.96. The number of Topliss-reactive ketones (excluding diaryl/α,β-unsaturated/α-hetero) is 1. The number of ketones is 1. The Balaban J connectivity index is 1.30. The van der Waals surface area contributed by atoms with Crippen molar-refractivity contribution in [1.82, 2.24) is 5.32 Å². The zero-order valence-electron chi connectivity index (χ0n) is 20.6. The van der Waals surface area contributed by atoms with Gasteiger partial charge in [-0.3, -0.25) is 14.4 Å². The molecule has 0 atom stereocenters. The van der Waals surface area contributed by atoms with E-state index in [0.717, 1.165) is 11.1 Å². The summed E-state index contributed by atoms with van der Waals surface area (Å²) in [5.41, 5.74) is 3.69. The molecule has 2 heterocycles. The topological polar surface area (TPSA) is 103 Å². The molecule has 196 valence electrons. The number of hydrogen-bond acceptors (Lipinski definition) is 8. The van der Waals surface area contributed by atoms with Gasteiger partial charge in [-0.05, 0) is 48.4 Å². The predicted molar refractivity (Wildman–Crippen MR) is 141 cm³/mol. The predicted octanol–water partition coefficient (Wildman–Crippen LogP) is 4.39. The standard InChI is InChI=1S/C29H27ClN2O6/c30-24-11-10-23-22(14-15-31-18-29(23)37-26(34)12-13-27(35)38-29)28(24)32-16-19-6-8-21(9-7-19)36-17-25(33)20-4-2-1-3-5-20/h1-11,31-32H,12-18H2. The van der Waals surface area contributed by atoms with Crippen molar-refractivity contribution in [3.8, 4) is 5.75 Å². The maximum atomic E-state index is 12.3. The number of benzene rings is 3. The highest BCUT2D eigenvalue weighted by atomic mass is 35.5. The molecular weight excluding hydrogens is 508 g/mol. The monoisotopic (exact) mass is 534 g/mol. The molecule has 0 unspecified atom stereocenters. The van der Waals surface area contributed by atoms with Gasteiger partial charge in [0, 0.05) is 17.7 Å². The first kappa shape index (κ1) is 25.8. The van der Waals surface area contributed by atoms with Gasteiger partial charge in [-0.15, -0.1) is 0 Å². The molecule has 0 aromatic heterocycles. The van der Waals surface area contributed by atoms with E-state index in [0.29, 0.717) is 47.1 Å². The molecule has 3 aromatic rings. The van der Waals surface area contributed by atoms with Crippen LogP contribution in [0, 0.1) is 0 Å². The van der Waals surface area contributed by atoms with Crippen LogP contribution in [0.1, 0.15) is 39.9 Å². The Labute approximate surface area is 225 Å². The molecule has 0 radical (unpaired) electrons. The van der Waals surface area contributed by atoms with Crippen LogP contribution in [-0.4, -0.2) is 37.4 Å². The molecule has 9 heteroatoms. The zero-order valence-corrected chi connectivity index (χ0v) is 21.4. The smallest absolute Gasteiger partial charge is 0.309 e. The van der Waals surface area contributed by atoms with Crippen LogP contribution in [0.2, 0.25) is 5.02 Å². The summed E-state index contributed by atoms with van der Waals surface area (Å²) in [4.78, 5) is 36.9. The van der Waals surface area contributed by atoms with Gasteiger partial charge in [-0.2, -0.15) is 0 Å². The van der Waals surface area contributed by atoms with Crippen LogP contribution >= 0.6 is 11.6 Å². The third-order valence-electron chi connectivity index (χ3n) is 6.53. The van der Waals surface area contributed by atoms with Crippen molar-refractivity contribution in [2.75, 3.05) is 25.0 Å². The lowest BCUT2D eigenvalue weighted by molar-refractivity contribution is -0.225. The average molecular weight is 535 g/mol. The summed E-state index contributed by atoms with van der Waals surface area (Å²) in [7, 11) is 0. The summed E-state index contributed by atoms with van der Waals surface area (Å²) in [5, 5.41) is 7.12. The number of ether oxygens (including phenoxy) is 3. The summed E-state index contributed by atoms with van der Waals surface area (Å²) in [5.74, 6) is -2.00. The van der Waals surface area contributed by atoms with E-state index >= 15 is 0 Å². The first-order valence-corrected chi connectivity index (χ1v) is 12.8. The van der Waals surface area contributed by atoms with E-state index in [1.807, 2.05) is 42.5 Å². The molecule has 38 heavy (non-hydrogen) atoms. The Bertz CT molecular complexity index is 1330. The van der Waals surface area contributed by atoms with Gasteiger partial charge in [0.15, 0.2) is 12.4 Å². The van der Waals surface area contributed by atoms with Gasteiger partial charge in [0.25, 0.3) is 5.79 Å². The van der Waals surface area contributed by atoms with Crippen LogP contribution < -0.4 is 15.4 Å². The van der Waals surface area contributed by atoms with Crippen LogP contribution in [0.25, 0.3) is 0 Å². The minimum atomic E-state index is -1.53. The number of carbonyl (C=O) groups is 3. The average Bonchev–Trinajstić information content (AvgIpc) is 3.19. The fourth-order valence-electron chi connectivity index (χ4n) is 4.62. The third-order valence-corrected chi connectivity index (χ3v) is 6.85. The van der Waals surface area contributed by atoms with Crippen molar-refractivity contribution in [1.29, 1.82) is 0 Å². The Morgan fingerprint density at radius 3 is 2.37 bits per heavy atom. The van der Waals surface area contributed by atoms with Crippen molar-refractivity contribution in [3.05, 3.63) is 94.0 Å². The van der Waals surface area contributed by atoms with Gasteiger partial charge in [-0.25, -0.2) is 0 Å². The lowest BCUT2D eigenvalue weighted by Gasteiger charge is -2.32. The van der Waals surface area contributed by atoms with Gasteiger partial charge < -0.3 is 24.8 Å². The minimum absolute atomic E-state index is 0.0191. The first-order chi connectivity index (χ1) is 18.4. The summed E-state index contributed by atoms with van der Waals surface area (Å²) in [6, 6.07) is 19.9. The number of rotatable bonds is 7. The molecule has 3 aromatic carbocycles. The third kappa shape index (κ3) is 5.66. The Hall–Kier alpha value is -3.88. The van der Waals surface area contributed by atoms with Gasteiger partial charge in [-0.1, -0.05) is 54.1 Å². The van der Waals surface area contributed by atoms with Crippen LogP contribution in [0.3, 0.4) is 0 Å². The molecule has 1 saturated heterocycles. The second kappa shape index (κ2) is 11.2. The van der Waals surface area contributed by atoms with Crippen LogP contribution in [0.5, 0.6) is 5.75 Å². The Kier molecular flexibility index (Phi) is 7.62.